The van der Waals surface area contributed by atoms with Gasteiger partial charge in [0.05, 0.1) is 0 Å². The summed E-state index contributed by atoms with van der Waals surface area (Å²) in [5.41, 5.74) is 5.97. The van der Waals surface area contributed by atoms with Crippen LogP contribution in [0.15, 0.2) is 18.2 Å². The van der Waals surface area contributed by atoms with Gasteiger partial charge in [0.15, 0.2) is 0 Å². The van der Waals surface area contributed by atoms with E-state index in [-0.39, 0.29) is 11.7 Å². The number of ether oxygens (including phenoxy) is 1. The normalized spacial score (nSPS) is 25.8. The topological polar surface area (TPSA) is 64.4 Å². The number of hydrogen-bond donors (Lipinski definition) is 2. The summed E-state index contributed by atoms with van der Waals surface area (Å²) in [5, 5.41) is 4.08. The van der Waals surface area contributed by atoms with Crippen LogP contribution in [0.25, 0.3) is 0 Å². The first-order valence-electron chi connectivity index (χ1n) is 9.58. The van der Waals surface area contributed by atoms with E-state index in [1.54, 1.807) is 12.1 Å². The van der Waals surface area contributed by atoms with Gasteiger partial charge in [-0.2, -0.15) is 0 Å². The van der Waals surface area contributed by atoms with Gasteiger partial charge in [-0.15, -0.1) is 0 Å². The summed E-state index contributed by atoms with van der Waals surface area (Å²) >= 11 is 6.25. The molecule has 1 amide bonds. The van der Waals surface area contributed by atoms with Gasteiger partial charge in [-0.1, -0.05) is 11.6 Å². The third-order valence-electron chi connectivity index (χ3n) is 6.08. The average molecular weight is 383 g/mol. The van der Waals surface area contributed by atoms with Gasteiger partial charge in [0.1, 0.15) is 11.4 Å². The molecule has 4 nitrogen and oxygen atoms in total. The van der Waals surface area contributed by atoms with Crippen molar-refractivity contribution in [2.75, 3.05) is 19.8 Å². The Kier molecular flexibility index (Phi) is 6.54. The number of carbonyl (C=O) groups is 1. The molecule has 1 aromatic rings. The molecule has 1 aromatic carbocycles. The second-order valence-corrected chi connectivity index (χ2v) is 8.06. The molecule has 2 aliphatic rings. The molecule has 0 bridgehead atoms. The second-order valence-electron chi connectivity index (χ2n) is 7.66. The van der Waals surface area contributed by atoms with E-state index < -0.39 is 5.54 Å². The third-order valence-corrected chi connectivity index (χ3v) is 6.42. The highest BCUT2D eigenvalue weighted by atomic mass is 35.5. The van der Waals surface area contributed by atoms with Crippen molar-refractivity contribution in [2.45, 2.75) is 56.4 Å². The number of carbonyl (C=O) groups excluding carboxylic acids is 1. The summed E-state index contributed by atoms with van der Waals surface area (Å²) in [6.45, 7) is 1.95. The predicted molar refractivity (Wildman–Crippen MR) is 101 cm³/mol. The van der Waals surface area contributed by atoms with E-state index in [2.05, 4.69) is 5.32 Å². The van der Waals surface area contributed by atoms with Gasteiger partial charge >= 0.3 is 0 Å². The molecule has 0 aromatic heterocycles. The van der Waals surface area contributed by atoms with E-state index in [0.717, 1.165) is 44.2 Å². The number of nitrogens with one attached hydrogen (secondary N) is 1. The Morgan fingerprint density at radius 3 is 2.62 bits per heavy atom. The lowest BCUT2D eigenvalue weighted by molar-refractivity contribution is -0.128. The standard InChI is InChI=1S/C20H28ClFN2O2/c21-18-6-5-16(22)13-17(18)15-3-1-14(2-4-15)7-10-24-20(19(23)25)8-11-26-12-9-20/h5-6,13-15,24H,1-4,7-12H2,(H2,23,25)/t14-,15-. The van der Waals surface area contributed by atoms with Gasteiger partial charge in [-0.05, 0) is 87.1 Å². The van der Waals surface area contributed by atoms with Crippen LogP contribution in [0.2, 0.25) is 5.02 Å². The molecular formula is C20H28ClFN2O2. The number of benzene rings is 1. The molecule has 0 unspecified atom stereocenters. The molecule has 1 aliphatic carbocycles. The van der Waals surface area contributed by atoms with Gasteiger partial charge in [0, 0.05) is 18.2 Å². The zero-order valence-electron chi connectivity index (χ0n) is 15.1. The predicted octanol–water partition coefficient (Wildman–Crippen LogP) is 3.77. The molecule has 1 saturated heterocycles. The van der Waals surface area contributed by atoms with Crippen molar-refractivity contribution >= 4 is 17.5 Å². The van der Waals surface area contributed by atoms with Crippen LogP contribution in [0.4, 0.5) is 4.39 Å². The minimum absolute atomic E-state index is 0.219. The van der Waals surface area contributed by atoms with Crippen LogP contribution in [0.3, 0.4) is 0 Å². The number of amides is 1. The molecule has 1 aliphatic heterocycles. The first-order valence-corrected chi connectivity index (χ1v) is 9.95. The van der Waals surface area contributed by atoms with Gasteiger partial charge in [-0.3, -0.25) is 4.79 Å². The van der Waals surface area contributed by atoms with E-state index in [1.165, 1.54) is 6.07 Å². The Balaban J connectivity index is 1.47. The van der Waals surface area contributed by atoms with Crippen LogP contribution in [0.1, 0.15) is 56.4 Å². The Morgan fingerprint density at radius 2 is 1.96 bits per heavy atom. The van der Waals surface area contributed by atoms with Crippen molar-refractivity contribution in [1.82, 2.24) is 5.32 Å². The van der Waals surface area contributed by atoms with Crippen molar-refractivity contribution in [3.8, 4) is 0 Å². The van der Waals surface area contributed by atoms with Crippen LogP contribution in [-0.2, 0) is 9.53 Å². The maximum absolute atomic E-state index is 13.5. The Hall–Kier alpha value is -1.17. The maximum atomic E-state index is 13.5. The molecule has 144 valence electrons. The molecule has 3 N–H and O–H groups in total. The molecule has 26 heavy (non-hydrogen) atoms. The number of hydrogen-bond acceptors (Lipinski definition) is 3. The van der Waals surface area contributed by atoms with E-state index >= 15 is 0 Å². The third kappa shape index (κ3) is 4.56. The lowest BCUT2D eigenvalue weighted by atomic mass is 9.77. The number of halogens is 2. The van der Waals surface area contributed by atoms with Gasteiger partial charge in [0.25, 0.3) is 0 Å². The molecule has 6 heteroatoms. The van der Waals surface area contributed by atoms with Crippen molar-refractivity contribution in [3.05, 3.63) is 34.6 Å². The SMILES string of the molecule is NC(=O)C1(NCC[C@H]2CC[C@H](c3cc(F)ccc3Cl)CC2)CCOCC1. The zero-order valence-corrected chi connectivity index (χ0v) is 15.9. The molecule has 1 heterocycles. The average Bonchev–Trinajstić information content (AvgIpc) is 2.65. The van der Waals surface area contributed by atoms with E-state index in [1.807, 2.05) is 0 Å². The van der Waals surface area contributed by atoms with Crippen molar-refractivity contribution in [2.24, 2.45) is 11.7 Å². The van der Waals surface area contributed by atoms with Crippen LogP contribution < -0.4 is 11.1 Å². The summed E-state index contributed by atoms with van der Waals surface area (Å²) in [6, 6.07) is 4.64. The summed E-state index contributed by atoms with van der Waals surface area (Å²) < 4.78 is 18.9. The highest BCUT2D eigenvalue weighted by Gasteiger charge is 2.38. The largest absolute Gasteiger partial charge is 0.381 e. The van der Waals surface area contributed by atoms with Crippen molar-refractivity contribution < 1.29 is 13.9 Å². The second kappa shape index (κ2) is 8.68. The fraction of sp³-hybridized carbons (Fsp3) is 0.650. The maximum Gasteiger partial charge on any atom is 0.237 e. The van der Waals surface area contributed by atoms with Gasteiger partial charge in [0.2, 0.25) is 5.91 Å². The van der Waals surface area contributed by atoms with Gasteiger partial charge in [-0.25, -0.2) is 4.39 Å². The minimum atomic E-state index is -0.607. The monoisotopic (exact) mass is 382 g/mol. The lowest BCUT2D eigenvalue weighted by Gasteiger charge is -2.36. The molecule has 3 rings (SSSR count). The zero-order chi connectivity index (χ0) is 18.6. The fourth-order valence-corrected chi connectivity index (χ4v) is 4.61. The summed E-state index contributed by atoms with van der Waals surface area (Å²) in [6.07, 6.45) is 6.59. The number of rotatable bonds is 6. The number of primary amides is 1. The van der Waals surface area contributed by atoms with E-state index in [9.17, 15) is 9.18 Å². The van der Waals surface area contributed by atoms with Crippen LogP contribution in [0.5, 0.6) is 0 Å². The highest BCUT2D eigenvalue weighted by Crippen LogP contribution is 2.39. The lowest BCUT2D eigenvalue weighted by Crippen LogP contribution is -2.58. The molecule has 0 radical (unpaired) electrons. The van der Waals surface area contributed by atoms with E-state index in [0.29, 0.717) is 42.9 Å². The molecule has 1 saturated carbocycles. The summed E-state index contributed by atoms with van der Waals surface area (Å²) in [7, 11) is 0. The van der Waals surface area contributed by atoms with Crippen LogP contribution in [0, 0.1) is 11.7 Å². The van der Waals surface area contributed by atoms with Crippen LogP contribution in [-0.4, -0.2) is 31.2 Å². The summed E-state index contributed by atoms with van der Waals surface area (Å²) in [4.78, 5) is 11.9. The smallest absolute Gasteiger partial charge is 0.237 e. The Bertz CT molecular complexity index is 626. The molecule has 2 fully saturated rings. The quantitative estimate of drug-likeness (QED) is 0.787. The molecular weight excluding hydrogens is 355 g/mol. The molecule has 0 atom stereocenters. The van der Waals surface area contributed by atoms with Gasteiger partial charge < -0.3 is 15.8 Å². The number of nitrogens with two attached hydrogens (primary N) is 1. The van der Waals surface area contributed by atoms with Crippen LogP contribution >= 0.6 is 11.6 Å². The first-order chi connectivity index (χ1) is 12.5. The fourth-order valence-electron chi connectivity index (χ4n) is 4.34. The molecule has 0 spiro atoms. The Morgan fingerprint density at radius 1 is 1.27 bits per heavy atom. The van der Waals surface area contributed by atoms with Crippen molar-refractivity contribution in [1.29, 1.82) is 0 Å². The minimum Gasteiger partial charge on any atom is -0.381 e. The first kappa shape index (κ1) is 19.6. The van der Waals surface area contributed by atoms with E-state index in [4.69, 9.17) is 22.1 Å². The summed E-state index contributed by atoms with van der Waals surface area (Å²) in [5.74, 6) is 0.472. The highest BCUT2D eigenvalue weighted by molar-refractivity contribution is 6.31. The van der Waals surface area contributed by atoms with Crippen molar-refractivity contribution in [3.63, 3.8) is 0 Å². The Labute approximate surface area is 159 Å².